The van der Waals surface area contributed by atoms with Gasteiger partial charge in [0.15, 0.2) is 8.32 Å². The average Bonchev–Trinajstić information content (AvgIpc) is 2.45. The summed E-state index contributed by atoms with van der Waals surface area (Å²) in [5.74, 6) is -0.902. The molecule has 4 nitrogen and oxygen atoms in total. The zero-order chi connectivity index (χ0) is 15.2. The Morgan fingerprint density at radius 3 is 2.25 bits per heavy atom. The summed E-state index contributed by atoms with van der Waals surface area (Å²) >= 11 is 0. The normalized spacial score (nSPS) is 13.2. The van der Waals surface area contributed by atoms with E-state index in [1.165, 1.54) is 0 Å². The van der Waals surface area contributed by atoms with Crippen molar-refractivity contribution in [1.29, 1.82) is 0 Å². The van der Waals surface area contributed by atoms with Gasteiger partial charge in [-0.3, -0.25) is 0 Å². The Balaban J connectivity index is 2.90. The van der Waals surface area contributed by atoms with Gasteiger partial charge in [-0.05, 0) is 29.8 Å². The lowest BCUT2D eigenvalue weighted by Crippen LogP contribution is -2.43. The number of nitrogen functional groups attached to an aromatic ring is 1. The highest BCUT2D eigenvalue weighted by Gasteiger charge is 2.34. The van der Waals surface area contributed by atoms with Crippen LogP contribution in [0.3, 0.4) is 0 Å². The molecule has 1 rings (SSSR count). The molecule has 0 heterocycles. The molecule has 20 heavy (non-hydrogen) atoms. The first-order chi connectivity index (χ1) is 9.48. The van der Waals surface area contributed by atoms with Crippen molar-refractivity contribution in [1.82, 2.24) is 0 Å². The molecule has 0 spiro atoms. The quantitative estimate of drug-likeness (QED) is 0.570. The molecular weight excluding hydrogens is 270 g/mol. The third-order valence-corrected chi connectivity index (χ3v) is 8.71. The number of hydrogen-bond acceptors (Lipinski definition) is 3. The summed E-state index contributed by atoms with van der Waals surface area (Å²) in [6.45, 7) is 6.28. The molecule has 1 aromatic carbocycles. The van der Waals surface area contributed by atoms with Gasteiger partial charge in [-0.15, -0.1) is 0 Å². The predicted octanol–water partition coefficient (Wildman–Crippen LogP) is 3.29. The van der Waals surface area contributed by atoms with Crippen LogP contribution in [0, 0.1) is 0 Å². The summed E-state index contributed by atoms with van der Waals surface area (Å²) in [7, 11) is -1.94. The van der Waals surface area contributed by atoms with Crippen LogP contribution in [0.4, 0.5) is 5.69 Å². The molecule has 0 aromatic heterocycles. The van der Waals surface area contributed by atoms with Gasteiger partial charge >= 0.3 is 5.97 Å². The first kappa shape index (κ1) is 16.7. The molecule has 0 bridgehead atoms. The van der Waals surface area contributed by atoms with Crippen LogP contribution < -0.4 is 5.73 Å². The van der Waals surface area contributed by atoms with E-state index < -0.39 is 20.4 Å². The van der Waals surface area contributed by atoms with E-state index in [1.807, 2.05) is 18.2 Å². The van der Waals surface area contributed by atoms with Crippen LogP contribution in [-0.2, 0) is 15.6 Å². The third-order valence-electron chi connectivity index (χ3n) is 4.06. The van der Waals surface area contributed by atoms with Gasteiger partial charge in [-0.2, -0.15) is 0 Å². The molecule has 112 valence electrons. The fraction of sp³-hybridized carbons (Fsp3) is 0.533. The van der Waals surface area contributed by atoms with Gasteiger partial charge in [0.05, 0.1) is 0 Å². The van der Waals surface area contributed by atoms with Crippen molar-refractivity contribution in [3.63, 3.8) is 0 Å². The van der Waals surface area contributed by atoms with Gasteiger partial charge in [-0.1, -0.05) is 39.0 Å². The summed E-state index contributed by atoms with van der Waals surface area (Å²) < 4.78 is 6.09. The second-order valence-electron chi connectivity index (χ2n) is 5.09. The maximum absolute atomic E-state index is 11.5. The largest absolute Gasteiger partial charge is 0.479 e. The van der Waals surface area contributed by atoms with Crippen LogP contribution in [0.1, 0.15) is 26.3 Å². The smallest absolute Gasteiger partial charge is 0.331 e. The zero-order valence-corrected chi connectivity index (χ0v) is 13.6. The lowest BCUT2D eigenvalue weighted by molar-refractivity contribution is -0.145. The fourth-order valence-electron chi connectivity index (χ4n) is 2.40. The Hall–Kier alpha value is -1.33. The van der Waals surface area contributed by atoms with Crippen LogP contribution in [0.2, 0.25) is 18.1 Å². The van der Waals surface area contributed by atoms with Gasteiger partial charge in [0.1, 0.15) is 6.10 Å². The second-order valence-corrected chi connectivity index (χ2v) is 9.81. The highest BCUT2D eigenvalue weighted by molar-refractivity contribution is 6.73. The maximum Gasteiger partial charge on any atom is 0.331 e. The number of benzene rings is 1. The topological polar surface area (TPSA) is 72.5 Å². The number of nitrogens with two attached hydrogens (primary N) is 1. The lowest BCUT2D eigenvalue weighted by Gasteiger charge is -2.31. The number of para-hydroxylation sites is 1. The summed E-state index contributed by atoms with van der Waals surface area (Å²) in [6, 6.07) is 10.2. The highest BCUT2D eigenvalue weighted by Crippen LogP contribution is 2.25. The van der Waals surface area contributed by atoms with Crippen LogP contribution >= 0.6 is 0 Å². The van der Waals surface area contributed by atoms with Crippen molar-refractivity contribution in [3.05, 3.63) is 29.8 Å². The van der Waals surface area contributed by atoms with Gasteiger partial charge in [0, 0.05) is 12.1 Å². The van der Waals surface area contributed by atoms with E-state index in [1.54, 1.807) is 6.07 Å². The first-order valence-corrected chi connectivity index (χ1v) is 9.75. The van der Waals surface area contributed by atoms with Crippen molar-refractivity contribution >= 4 is 20.0 Å². The van der Waals surface area contributed by atoms with E-state index in [-0.39, 0.29) is 0 Å². The molecule has 0 saturated carbocycles. The fourth-order valence-corrected chi connectivity index (χ4v) is 5.19. The highest BCUT2D eigenvalue weighted by atomic mass is 28.4. The summed E-state index contributed by atoms with van der Waals surface area (Å²) in [6.07, 6.45) is -0.470. The van der Waals surface area contributed by atoms with Crippen molar-refractivity contribution < 1.29 is 14.3 Å². The molecule has 0 radical (unpaired) electrons. The molecule has 5 heteroatoms. The standard InChI is InChI=1S/C15H25NO3Si/c1-4-20(5-2,6-3)19-14(15(17)18)11-12-9-7-8-10-13(12)16/h7-10,14H,4-6,11,16H2,1-3H3,(H,17,18). The molecule has 0 saturated heterocycles. The number of hydrogen-bond donors (Lipinski definition) is 2. The summed E-state index contributed by atoms with van der Waals surface area (Å²) in [5, 5.41) is 9.43. The SMILES string of the molecule is CC[Si](CC)(CC)OC(Cc1ccccc1N)C(=O)O. The minimum Gasteiger partial charge on any atom is -0.479 e. The van der Waals surface area contributed by atoms with Gasteiger partial charge in [0.25, 0.3) is 0 Å². The van der Waals surface area contributed by atoms with Crippen LogP contribution in [0.5, 0.6) is 0 Å². The Labute approximate surface area is 122 Å². The molecule has 1 unspecified atom stereocenters. The van der Waals surface area contributed by atoms with E-state index in [0.29, 0.717) is 12.1 Å². The van der Waals surface area contributed by atoms with Gasteiger partial charge < -0.3 is 15.3 Å². The van der Waals surface area contributed by atoms with Crippen LogP contribution in [0.15, 0.2) is 24.3 Å². The minimum atomic E-state index is -1.94. The van der Waals surface area contributed by atoms with Crippen molar-refractivity contribution in [3.8, 4) is 0 Å². The Morgan fingerprint density at radius 2 is 1.80 bits per heavy atom. The molecule has 3 N–H and O–H groups in total. The molecule has 0 aliphatic carbocycles. The number of aliphatic carboxylic acids is 1. The molecule has 0 aliphatic rings. The minimum absolute atomic E-state index is 0.330. The predicted molar refractivity (Wildman–Crippen MR) is 84.3 cm³/mol. The van der Waals surface area contributed by atoms with E-state index in [9.17, 15) is 9.90 Å². The van der Waals surface area contributed by atoms with Crippen molar-refractivity contribution in [2.24, 2.45) is 0 Å². The van der Waals surface area contributed by atoms with Gasteiger partial charge in [-0.25, -0.2) is 4.79 Å². The van der Waals surface area contributed by atoms with Crippen LogP contribution in [-0.4, -0.2) is 25.5 Å². The molecule has 0 amide bonds. The number of carbonyl (C=O) groups is 1. The Morgan fingerprint density at radius 1 is 1.25 bits per heavy atom. The van der Waals surface area contributed by atoms with Crippen molar-refractivity contribution in [2.75, 3.05) is 5.73 Å². The Bertz CT molecular complexity index is 438. The maximum atomic E-state index is 11.5. The summed E-state index contributed by atoms with van der Waals surface area (Å²) in [5.41, 5.74) is 7.36. The number of carboxylic acids is 1. The van der Waals surface area contributed by atoms with Crippen molar-refractivity contribution in [2.45, 2.75) is 51.4 Å². The monoisotopic (exact) mass is 295 g/mol. The van der Waals surface area contributed by atoms with E-state index in [2.05, 4.69) is 20.8 Å². The second kappa shape index (κ2) is 7.45. The van der Waals surface area contributed by atoms with E-state index in [0.717, 1.165) is 23.7 Å². The van der Waals surface area contributed by atoms with Crippen LogP contribution in [0.25, 0.3) is 0 Å². The molecule has 1 atom stereocenters. The van der Waals surface area contributed by atoms with Gasteiger partial charge in [0.2, 0.25) is 0 Å². The number of rotatable bonds is 8. The summed E-state index contributed by atoms with van der Waals surface area (Å²) in [4.78, 5) is 11.5. The van der Waals surface area contributed by atoms with E-state index in [4.69, 9.17) is 10.2 Å². The molecule has 0 fully saturated rings. The number of carboxylic acid groups (broad SMARTS) is 1. The van der Waals surface area contributed by atoms with E-state index >= 15 is 0 Å². The zero-order valence-electron chi connectivity index (χ0n) is 12.6. The Kier molecular flexibility index (Phi) is 6.23. The molecule has 0 aliphatic heterocycles. The first-order valence-electron chi connectivity index (χ1n) is 7.22. The molecule has 1 aromatic rings. The lowest BCUT2D eigenvalue weighted by atomic mass is 10.1. The third kappa shape index (κ3) is 4.08. The number of anilines is 1. The average molecular weight is 295 g/mol. The molecular formula is C15H25NO3Si.